The minimum absolute atomic E-state index is 0.494. The van der Waals surface area contributed by atoms with Crippen molar-refractivity contribution in [3.63, 3.8) is 0 Å². The lowest BCUT2D eigenvalue weighted by Gasteiger charge is -2.34. The van der Waals surface area contributed by atoms with Crippen LogP contribution in [0, 0.1) is 0 Å². The van der Waals surface area contributed by atoms with Crippen LogP contribution in [0.4, 0.5) is 5.82 Å². The standard InChI is InChI=1S/C19H20ClN5/c20-18-19(22-8-7-21-18)25-9-5-13(6-10-25)16-14(12-1-2-12)3-4-15-17(16)24-11-23-15/h3-4,7-8,11-13H,1-2,5-6,9-10H2,(H,23,24). The molecule has 1 saturated carbocycles. The Bertz CT molecular complexity index is 909. The number of benzene rings is 1. The Morgan fingerprint density at radius 3 is 2.52 bits per heavy atom. The quantitative estimate of drug-likeness (QED) is 0.764. The zero-order chi connectivity index (χ0) is 16.8. The van der Waals surface area contributed by atoms with Crippen LogP contribution >= 0.6 is 11.6 Å². The summed E-state index contributed by atoms with van der Waals surface area (Å²) in [6.45, 7) is 1.90. The van der Waals surface area contributed by atoms with Crippen LogP contribution in [0.2, 0.25) is 5.15 Å². The summed E-state index contributed by atoms with van der Waals surface area (Å²) in [6.07, 6.45) is 9.99. The van der Waals surface area contributed by atoms with E-state index in [1.54, 1.807) is 12.4 Å². The fraction of sp³-hybridized carbons (Fsp3) is 0.421. The predicted molar refractivity (Wildman–Crippen MR) is 99.3 cm³/mol. The number of hydrogen-bond acceptors (Lipinski definition) is 4. The van der Waals surface area contributed by atoms with Gasteiger partial charge in [0.15, 0.2) is 11.0 Å². The van der Waals surface area contributed by atoms with E-state index in [2.05, 4.69) is 37.0 Å². The maximum absolute atomic E-state index is 6.22. The Balaban J connectivity index is 1.44. The number of aromatic amines is 1. The third kappa shape index (κ3) is 2.67. The average molecular weight is 354 g/mol. The summed E-state index contributed by atoms with van der Waals surface area (Å²) in [7, 11) is 0. The molecule has 25 heavy (non-hydrogen) atoms. The van der Waals surface area contributed by atoms with Crippen LogP contribution in [-0.4, -0.2) is 33.0 Å². The molecule has 0 spiro atoms. The molecular formula is C19H20ClN5. The van der Waals surface area contributed by atoms with Crippen molar-refractivity contribution in [2.45, 2.75) is 37.5 Å². The highest BCUT2D eigenvalue weighted by molar-refractivity contribution is 6.31. The van der Waals surface area contributed by atoms with Crippen LogP contribution in [0.5, 0.6) is 0 Å². The predicted octanol–water partition coefficient (Wildman–Crippen LogP) is 4.27. The van der Waals surface area contributed by atoms with Crippen molar-refractivity contribution < 1.29 is 0 Å². The summed E-state index contributed by atoms with van der Waals surface area (Å²) in [5.74, 6) is 2.10. The van der Waals surface area contributed by atoms with Crippen LogP contribution in [0.25, 0.3) is 11.0 Å². The zero-order valence-corrected chi connectivity index (χ0v) is 14.7. The Morgan fingerprint density at radius 1 is 0.960 bits per heavy atom. The second-order valence-corrected chi connectivity index (χ2v) is 7.43. The van der Waals surface area contributed by atoms with Gasteiger partial charge in [0.05, 0.1) is 17.4 Å². The Morgan fingerprint density at radius 2 is 1.76 bits per heavy atom. The van der Waals surface area contributed by atoms with Gasteiger partial charge in [0.2, 0.25) is 0 Å². The molecule has 0 amide bonds. The van der Waals surface area contributed by atoms with E-state index in [1.165, 1.54) is 29.5 Å². The van der Waals surface area contributed by atoms with Crippen molar-refractivity contribution in [3.8, 4) is 0 Å². The highest BCUT2D eigenvalue weighted by atomic mass is 35.5. The molecule has 1 aliphatic carbocycles. The van der Waals surface area contributed by atoms with Gasteiger partial charge in [-0.05, 0) is 54.7 Å². The number of hydrogen-bond donors (Lipinski definition) is 1. The van der Waals surface area contributed by atoms with Gasteiger partial charge < -0.3 is 9.88 Å². The normalized spacial score (nSPS) is 18.8. The van der Waals surface area contributed by atoms with Gasteiger partial charge in [0, 0.05) is 25.5 Å². The van der Waals surface area contributed by atoms with E-state index in [-0.39, 0.29) is 0 Å². The van der Waals surface area contributed by atoms with Crippen LogP contribution in [0.1, 0.15) is 48.6 Å². The van der Waals surface area contributed by atoms with Crippen molar-refractivity contribution in [2.75, 3.05) is 18.0 Å². The summed E-state index contributed by atoms with van der Waals surface area (Å²) in [6, 6.07) is 4.51. The fourth-order valence-corrected chi connectivity index (χ4v) is 4.36. The minimum atomic E-state index is 0.494. The fourth-order valence-electron chi connectivity index (χ4n) is 4.13. The third-order valence-electron chi connectivity index (χ3n) is 5.52. The highest BCUT2D eigenvalue weighted by Crippen LogP contribution is 2.46. The van der Waals surface area contributed by atoms with Crippen LogP contribution in [0.3, 0.4) is 0 Å². The van der Waals surface area contributed by atoms with Gasteiger partial charge in [0.25, 0.3) is 0 Å². The van der Waals surface area contributed by atoms with E-state index in [9.17, 15) is 0 Å². The number of H-pyrrole nitrogens is 1. The molecule has 2 aromatic heterocycles. The number of fused-ring (bicyclic) bond motifs is 1. The van der Waals surface area contributed by atoms with Gasteiger partial charge in [-0.1, -0.05) is 17.7 Å². The molecule has 5 nitrogen and oxygen atoms in total. The second-order valence-electron chi connectivity index (χ2n) is 7.07. The Hall–Kier alpha value is -2.14. The first-order valence-electron chi connectivity index (χ1n) is 8.98. The molecule has 0 radical (unpaired) electrons. The van der Waals surface area contributed by atoms with Crippen molar-refractivity contribution >= 4 is 28.5 Å². The van der Waals surface area contributed by atoms with Crippen LogP contribution in [0.15, 0.2) is 30.9 Å². The summed E-state index contributed by atoms with van der Waals surface area (Å²) >= 11 is 6.22. The van der Waals surface area contributed by atoms with Crippen molar-refractivity contribution in [1.29, 1.82) is 0 Å². The summed E-state index contributed by atoms with van der Waals surface area (Å²) in [4.78, 5) is 18.7. The van der Waals surface area contributed by atoms with Gasteiger partial charge in [-0.25, -0.2) is 15.0 Å². The van der Waals surface area contributed by atoms with Crippen molar-refractivity contribution in [1.82, 2.24) is 19.9 Å². The largest absolute Gasteiger partial charge is 0.354 e. The smallest absolute Gasteiger partial charge is 0.171 e. The third-order valence-corrected chi connectivity index (χ3v) is 5.79. The number of anilines is 1. The number of rotatable bonds is 3. The van der Waals surface area contributed by atoms with E-state index in [4.69, 9.17) is 11.6 Å². The van der Waals surface area contributed by atoms with Gasteiger partial charge in [-0.2, -0.15) is 0 Å². The number of nitrogens with one attached hydrogen (secondary N) is 1. The number of aromatic nitrogens is 4. The molecule has 0 unspecified atom stereocenters. The van der Waals surface area contributed by atoms with Gasteiger partial charge in [-0.3, -0.25) is 0 Å². The molecule has 1 saturated heterocycles. The maximum atomic E-state index is 6.22. The first kappa shape index (κ1) is 15.1. The summed E-state index contributed by atoms with van der Waals surface area (Å²) in [5.41, 5.74) is 5.32. The number of imidazole rings is 1. The van der Waals surface area contributed by atoms with Crippen molar-refractivity contribution in [3.05, 3.63) is 47.1 Å². The molecule has 6 heteroatoms. The second kappa shape index (κ2) is 5.99. The molecule has 2 aliphatic rings. The molecule has 1 aromatic carbocycles. The summed E-state index contributed by atoms with van der Waals surface area (Å²) < 4.78 is 0. The first-order valence-corrected chi connectivity index (χ1v) is 9.36. The van der Waals surface area contributed by atoms with E-state index in [0.717, 1.165) is 43.2 Å². The molecule has 0 bridgehead atoms. The maximum Gasteiger partial charge on any atom is 0.171 e. The van der Waals surface area contributed by atoms with E-state index in [1.807, 2.05) is 6.33 Å². The van der Waals surface area contributed by atoms with E-state index < -0.39 is 0 Å². The number of halogens is 1. The van der Waals surface area contributed by atoms with Crippen LogP contribution < -0.4 is 4.90 Å². The molecule has 1 N–H and O–H groups in total. The zero-order valence-electron chi connectivity index (χ0n) is 14.0. The number of piperidine rings is 1. The molecule has 2 fully saturated rings. The molecule has 0 atom stereocenters. The molecule has 128 valence electrons. The molecule has 3 aromatic rings. The topological polar surface area (TPSA) is 57.7 Å². The van der Waals surface area contributed by atoms with Gasteiger partial charge in [0.1, 0.15) is 0 Å². The molecule has 1 aliphatic heterocycles. The molecule has 5 rings (SSSR count). The van der Waals surface area contributed by atoms with E-state index >= 15 is 0 Å². The van der Waals surface area contributed by atoms with Gasteiger partial charge in [-0.15, -0.1) is 0 Å². The highest BCUT2D eigenvalue weighted by Gasteiger charge is 2.32. The van der Waals surface area contributed by atoms with Crippen LogP contribution in [-0.2, 0) is 0 Å². The monoisotopic (exact) mass is 353 g/mol. The number of nitrogens with zero attached hydrogens (tertiary/aromatic N) is 4. The Kier molecular flexibility index (Phi) is 3.63. The SMILES string of the molecule is Clc1nccnc1N1CCC(c2c(C3CC3)ccc3[nH]cnc23)CC1. The van der Waals surface area contributed by atoms with Crippen molar-refractivity contribution in [2.24, 2.45) is 0 Å². The average Bonchev–Trinajstić information content (AvgIpc) is 3.38. The van der Waals surface area contributed by atoms with E-state index in [0.29, 0.717) is 11.1 Å². The lowest BCUT2D eigenvalue weighted by atomic mass is 9.84. The first-order chi connectivity index (χ1) is 12.3. The molecule has 3 heterocycles. The summed E-state index contributed by atoms with van der Waals surface area (Å²) in [5, 5.41) is 0.494. The lowest BCUT2D eigenvalue weighted by molar-refractivity contribution is 0.501. The Labute approximate surface area is 151 Å². The molecular weight excluding hydrogens is 334 g/mol. The lowest BCUT2D eigenvalue weighted by Crippen LogP contribution is -2.34. The van der Waals surface area contributed by atoms with Gasteiger partial charge >= 0.3 is 0 Å². The minimum Gasteiger partial charge on any atom is -0.354 e.